The van der Waals surface area contributed by atoms with Crippen molar-refractivity contribution < 1.29 is 9.59 Å². The number of rotatable bonds is 5. The van der Waals surface area contributed by atoms with Gasteiger partial charge in [-0.1, -0.05) is 12.1 Å². The van der Waals surface area contributed by atoms with Gasteiger partial charge in [0, 0.05) is 18.2 Å². The molecule has 0 spiro atoms. The Morgan fingerprint density at radius 3 is 2.79 bits per heavy atom. The van der Waals surface area contributed by atoms with E-state index in [-0.39, 0.29) is 17.7 Å². The highest BCUT2D eigenvalue weighted by atomic mass is 16.2. The second kappa shape index (κ2) is 5.84. The highest BCUT2D eigenvalue weighted by molar-refractivity contribution is 5.94. The van der Waals surface area contributed by atoms with Crippen LogP contribution in [0.5, 0.6) is 0 Å². The Morgan fingerprint density at radius 2 is 2.16 bits per heavy atom. The van der Waals surface area contributed by atoms with Crippen LogP contribution in [0, 0.1) is 5.92 Å². The molecule has 102 valence electrons. The lowest BCUT2D eigenvalue weighted by molar-refractivity contribution is -0.122. The Balaban J connectivity index is 1.90. The van der Waals surface area contributed by atoms with Crippen LogP contribution in [0.2, 0.25) is 0 Å². The molecule has 0 aromatic heterocycles. The SMILES string of the molecule is CC(N)C(=O)NCc1cccc(NC(=O)C2CC2)c1. The van der Waals surface area contributed by atoms with Gasteiger partial charge in [0.05, 0.1) is 6.04 Å². The molecule has 1 saturated carbocycles. The second-order valence-electron chi connectivity index (χ2n) is 4.97. The third kappa shape index (κ3) is 4.06. The summed E-state index contributed by atoms with van der Waals surface area (Å²) in [6.07, 6.45) is 1.96. The molecule has 1 unspecified atom stereocenters. The lowest BCUT2D eigenvalue weighted by Gasteiger charge is -2.09. The van der Waals surface area contributed by atoms with Crippen molar-refractivity contribution in [2.75, 3.05) is 5.32 Å². The largest absolute Gasteiger partial charge is 0.351 e. The average Bonchev–Trinajstić information content (AvgIpc) is 3.20. The van der Waals surface area contributed by atoms with Crippen molar-refractivity contribution in [3.8, 4) is 0 Å². The predicted octanol–water partition coefficient (Wildman–Crippen LogP) is 0.998. The fourth-order valence-electron chi connectivity index (χ4n) is 1.70. The zero-order valence-electron chi connectivity index (χ0n) is 11.0. The van der Waals surface area contributed by atoms with Gasteiger partial charge in [-0.2, -0.15) is 0 Å². The molecule has 1 aliphatic carbocycles. The Bertz CT molecular complexity index is 481. The van der Waals surface area contributed by atoms with E-state index in [4.69, 9.17) is 5.73 Å². The number of nitrogens with two attached hydrogens (primary N) is 1. The van der Waals surface area contributed by atoms with Crippen molar-refractivity contribution in [1.29, 1.82) is 0 Å². The summed E-state index contributed by atoms with van der Waals surface area (Å²) in [4.78, 5) is 23.0. The smallest absolute Gasteiger partial charge is 0.236 e. The molecule has 1 aromatic carbocycles. The number of anilines is 1. The van der Waals surface area contributed by atoms with Crippen LogP contribution >= 0.6 is 0 Å². The van der Waals surface area contributed by atoms with Crippen molar-refractivity contribution in [3.63, 3.8) is 0 Å². The van der Waals surface area contributed by atoms with E-state index in [2.05, 4.69) is 10.6 Å². The first-order chi connectivity index (χ1) is 9.06. The Kier molecular flexibility index (Phi) is 4.16. The summed E-state index contributed by atoms with van der Waals surface area (Å²) in [7, 11) is 0. The minimum atomic E-state index is -0.516. The van der Waals surface area contributed by atoms with E-state index in [1.54, 1.807) is 6.92 Å². The van der Waals surface area contributed by atoms with Crippen LogP contribution in [0.3, 0.4) is 0 Å². The third-order valence-corrected chi connectivity index (χ3v) is 3.02. The van der Waals surface area contributed by atoms with Crippen molar-refractivity contribution in [2.45, 2.75) is 32.4 Å². The quantitative estimate of drug-likeness (QED) is 0.739. The molecule has 19 heavy (non-hydrogen) atoms. The zero-order chi connectivity index (χ0) is 13.8. The van der Waals surface area contributed by atoms with E-state index in [0.717, 1.165) is 24.1 Å². The fourth-order valence-corrected chi connectivity index (χ4v) is 1.70. The van der Waals surface area contributed by atoms with Crippen molar-refractivity contribution in [2.24, 2.45) is 11.7 Å². The van der Waals surface area contributed by atoms with Gasteiger partial charge < -0.3 is 16.4 Å². The van der Waals surface area contributed by atoms with E-state index >= 15 is 0 Å². The molecule has 0 radical (unpaired) electrons. The maximum absolute atomic E-state index is 11.6. The molecule has 1 aromatic rings. The molecule has 0 saturated heterocycles. The fraction of sp³-hybridized carbons (Fsp3) is 0.429. The van der Waals surface area contributed by atoms with E-state index in [9.17, 15) is 9.59 Å². The average molecular weight is 261 g/mol. The summed E-state index contributed by atoms with van der Waals surface area (Å²) >= 11 is 0. The molecule has 2 amide bonds. The van der Waals surface area contributed by atoms with Gasteiger partial charge in [-0.3, -0.25) is 9.59 Å². The number of amides is 2. The molecule has 5 heteroatoms. The minimum absolute atomic E-state index is 0.0803. The lowest BCUT2D eigenvalue weighted by Crippen LogP contribution is -2.37. The van der Waals surface area contributed by atoms with Crippen LogP contribution in [-0.4, -0.2) is 17.9 Å². The maximum Gasteiger partial charge on any atom is 0.236 e. The molecule has 4 N–H and O–H groups in total. The summed E-state index contributed by atoms with van der Waals surface area (Å²) < 4.78 is 0. The second-order valence-corrected chi connectivity index (χ2v) is 4.97. The van der Waals surface area contributed by atoms with Gasteiger partial charge in [-0.05, 0) is 37.5 Å². The Morgan fingerprint density at radius 1 is 1.42 bits per heavy atom. The van der Waals surface area contributed by atoms with E-state index in [1.807, 2.05) is 24.3 Å². The highest BCUT2D eigenvalue weighted by Gasteiger charge is 2.29. The number of benzene rings is 1. The van der Waals surface area contributed by atoms with Crippen LogP contribution in [0.4, 0.5) is 5.69 Å². The molecule has 1 fully saturated rings. The van der Waals surface area contributed by atoms with Gasteiger partial charge in [0.1, 0.15) is 0 Å². The maximum atomic E-state index is 11.6. The van der Waals surface area contributed by atoms with Crippen molar-refractivity contribution >= 4 is 17.5 Å². The van der Waals surface area contributed by atoms with Crippen LogP contribution in [0.25, 0.3) is 0 Å². The number of hydrogen-bond acceptors (Lipinski definition) is 3. The molecular weight excluding hydrogens is 242 g/mol. The summed E-state index contributed by atoms with van der Waals surface area (Å²) in [5.74, 6) is 0.0747. The van der Waals surface area contributed by atoms with E-state index < -0.39 is 6.04 Å². The summed E-state index contributed by atoms with van der Waals surface area (Å²) in [6.45, 7) is 2.05. The van der Waals surface area contributed by atoms with E-state index in [0.29, 0.717) is 6.54 Å². The van der Waals surface area contributed by atoms with Gasteiger partial charge >= 0.3 is 0 Å². The van der Waals surface area contributed by atoms with Gasteiger partial charge in [0.2, 0.25) is 11.8 Å². The van der Waals surface area contributed by atoms with Crippen LogP contribution in [0.15, 0.2) is 24.3 Å². The van der Waals surface area contributed by atoms with E-state index in [1.165, 1.54) is 0 Å². The molecule has 0 aliphatic heterocycles. The standard InChI is InChI=1S/C14H19N3O2/c1-9(15)13(18)16-8-10-3-2-4-12(7-10)17-14(19)11-5-6-11/h2-4,7,9,11H,5-6,8,15H2,1H3,(H,16,18)(H,17,19). The number of carbonyl (C=O) groups excluding carboxylic acids is 2. The van der Waals surface area contributed by atoms with Gasteiger partial charge in [0.15, 0.2) is 0 Å². The van der Waals surface area contributed by atoms with Crippen molar-refractivity contribution in [3.05, 3.63) is 29.8 Å². The normalized spacial score (nSPS) is 15.7. The van der Waals surface area contributed by atoms with Crippen molar-refractivity contribution in [1.82, 2.24) is 5.32 Å². The number of nitrogens with one attached hydrogen (secondary N) is 2. The third-order valence-electron chi connectivity index (χ3n) is 3.02. The summed E-state index contributed by atoms with van der Waals surface area (Å²) in [5, 5.41) is 5.62. The summed E-state index contributed by atoms with van der Waals surface area (Å²) in [6, 6.07) is 6.95. The van der Waals surface area contributed by atoms with Gasteiger partial charge in [-0.15, -0.1) is 0 Å². The molecule has 0 heterocycles. The molecular formula is C14H19N3O2. The molecule has 0 bridgehead atoms. The topological polar surface area (TPSA) is 84.2 Å². The molecule has 1 atom stereocenters. The first-order valence-electron chi connectivity index (χ1n) is 6.49. The first-order valence-corrected chi connectivity index (χ1v) is 6.49. The zero-order valence-corrected chi connectivity index (χ0v) is 11.0. The lowest BCUT2D eigenvalue weighted by atomic mass is 10.2. The first kappa shape index (κ1) is 13.5. The Labute approximate surface area is 112 Å². The molecule has 1 aliphatic rings. The highest BCUT2D eigenvalue weighted by Crippen LogP contribution is 2.30. The van der Waals surface area contributed by atoms with Crippen LogP contribution in [-0.2, 0) is 16.1 Å². The monoisotopic (exact) mass is 261 g/mol. The predicted molar refractivity (Wildman–Crippen MR) is 73.3 cm³/mol. The number of hydrogen-bond donors (Lipinski definition) is 3. The van der Waals surface area contributed by atoms with Gasteiger partial charge in [-0.25, -0.2) is 0 Å². The summed E-state index contributed by atoms with van der Waals surface area (Å²) in [5.41, 5.74) is 7.17. The van der Waals surface area contributed by atoms with Crippen LogP contribution in [0.1, 0.15) is 25.3 Å². The molecule has 5 nitrogen and oxygen atoms in total. The minimum Gasteiger partial charge on any atom is -0.351 e. The number of carbonyl (C=O) groups is 2. The Hall–Kier alpha value is -1.88. The molecule has 2 rings (SSSR count). The van der Waals surface area contributed by atoms with Crippen LogP contribution < -0.4 is 16.4 Å². The van der Waals surface area contributed by atoms with Gasteiger partial charge in [0.25, 0.3) is 0 Å².